The zero-order chi connectivity index (χ0) is 15.2. The van der Waals surface area contributed by atoms with Crippen molar-refractivity contribution in [2.24, 2.45) is 0 Å². The van der Waals surface area contributed by atoms with Crippen LogP contribution in [0.3, 0.4) is 0 Å². The SMILES string of the molecule is CC(C)n1ccc(CNC(=O)NC[C@@H](O)c2ccsc2)n1. The van der Waals surface area contributed by atoms with Crippen molar-refractivity contribution in [1.29, 1.82) is 0 Å². The van der Waals surface area contributed by atoms with E-state index in [1.54, 1.807) is 0 Å². The number of carbonyl (C=O) groups is 1. The quantitative estimate of drug-likeness (QED) is 0.764. The summed E-state index contributed by atoms with van der Waals surface area (Å²) in [6.07, 6.45) is 1.21. The number of hydrogen-bond donors (Lipinski definition) is 3. The van der Waals surface area contributed by atoms with E-state index >= 15 is 0 Å². The Morgan fingerprint density at radius 3 is 2.86 bits per heavy atom. The highest BCUT2D eigenvalue weighted by atomic mass is 32.1. The number of aromatic nitrogens is 2. The van der Waals surface area contributed by atoms with Gasteiger partial charge in [-0.15, -0.1) is 0 Å². The first-order chi connectivity index (χ1) is 10.1. The summed E-state index contributed by atoms with van der Waals surface area (Å²) in [7, 11) is 0. The molecule has 2 aromatic rings. The van der Waals surface area contributed by atoms with E-state index in [4.69, 9.17) is 0 Å². The van der Waals surface area contributed by atoms with Crippen molar-refractivity contribution >= 4 is 17.4 Å². The smallest absolute Gasteiger partial charge is 0.315 e. The Balaban J connectivity index is 1.72. The first-order valence-electron chi connectivity index (χ1n) is 6.82. The number of amides is 2. The van der Waals surface area contributed by atoms with Gasteiger partial charge in [-0.3, -0.25) is 4.68 Å². The molecule has 2 aromatic heterocycles. The fourth-order valence-electron chi connectivity index (χ4n) is 1.76. The molecular formula is C14H20N4O2S. The maximum absolute atomic E-state index is 11.7. The van der Waals surface area contributed by atoms with E-state index in [1.807, 2.05) is 47.6 Å². The van der Waals surface area contributed by atoms with Gasteiger partial charge in [0, 0.05) is 18.8 Å². The third-order valence-electron chi connectivity index (χ3n) is 3.01. The molecule has 0 bridgehead atoms. The lowest BCUT2D eigenvalue weighted by Crippen LogP contribution is -2.37. The molecule has 7 heteroatoms. The van der Waals surface area contributed by atoms with Crippen LogP contribution in [0.25, 0.3) is 0 Å². The molecule has 114 valence electrons. The zero-order valence-electron chi connectivity index (χ0n) is 12.1. The number of carbonyl (C=O) groups excluding carboxylic acids is 1. The monoisotopic (exact) mass is 308 g/mol. The molecule has 2 rings (SSSR count). The normalized spacial score (nSPS) is 12.4. The Kier molecular flexibility index (Phi) is 5.35. The Bertz CT molecular complexity index is 565. The van der Waals surface area contributed by atoms with Gasteiger partial charge in [0.15, 0.2) is 0 Å². The summed E-state index contributed by atoms with van der Waals surface area (Å²) in [5.41, 5.74) is 1.62. The highest BCUT2D eigenvalue weighted by molar-refractivity contribution is 7.07. The molecular weight excluding hydrogens is 288 g/mol. The molecule has 0 spiro atoms. The van der Waals surface area contributed by atoms with Gasteiger partial charge in [0.2, 0.25) is 0 Å². The van der Waals surface area contributed by atoms with Gasteiger partial charge >= 0.3 is 6.03 Å². The average molecular weight is 308 g/mol. The molecule has 3 N–H and O–H groups in total. The summed E-state index contributed by atoms with van der Waals surface area (Å²) in [5.74, 6) is 0. The van der Waals surface area contributed by atoms with Crippen molar-refractivity contribution in [2.45, 2.75) is 32.5 Å². The molecule has 0 radical (unpaired) electrons. The van der Waals surface area contributed by atoms with Crippen molar-refractivity contribution < 1.29 is 9.90 Å². The van der Waals surface area contributed by atoms with E-state index in [0.717, 1.165) is 11.3 Å². The van der Waals surface area contributed by atoms with E-state index in [2.05, 4.69) is 15.7 Å². The number of rotatable bonds is 6. The largest absolute Gasteiger partial charge is 0.387 e. The van der Waals surface area contributed by atoms with Gasteiger partial charge in [0.25, 0.3) is 0 Å². The Morgan fingerprint density at radius 1 is 1.43 bits per heavy atom. The van der Waals surface area contributed by atoms with Crippen molar-refractivity contribution in [2.75, 3.05) is 6.54 Å². The maximum atomic E-state index is 11.7. The molecule has 21 heavy (non-hydrogen) atoms. The summed E-state index contributed by atoms with van der Waals surface area (Å²) < 4.78 is 1.84. The topological polar surface area (TPSA) is 79.2 Å². The number of urea groups is 1. The lowest BCUT2D eigenvalue weighted by molar-refractivity contribution is 0.173. The fourth-order valence-corrected chi connectivity index (χ4v) is 2.47. The van der Waals surface area contributed by atoms with Crippen LogP contribution in [-0.2, 0) is 6.54 Å². The molecule has 1 atom stereocenters. The molecule has 0 unspecified atom stereocenters. The van der Waals surface area contributed by atoms with Crippen LogP contribution in [0, 0.1) is 0 Å². The van der Waals surface area contributed by atoms with Gasteiger partial charge in [-0.1, -0.05) is 0 Å². The summed E-state index contributed by atoms with van der Waals surface area (Å²) in [6.45, 7) is 4.63. The third kappa shape index (κ3) is 4.57. The van der Waals surface area contributed by atoms with Gasteiger partial charge in [-0.25, -0.2) is 4.79 Å². The molecule has 0 aliphatic rings. The minimum absolute atomic E-state index is 0.184. The van der Waals surface area contributed by atoms with Crippen LogP contribution in [-0.4, -0.2) is 27.5 Å². The van der Waals surface area contributed by atoms with Gasteiger partial charge in [-0.05, 0) is 42.3 Å². The maximum Gasteiger partial charge on any atom is 0.315 e. The third-order valence-corrected chi connectivity index (χ3v) is 3.71. The van der Waals surface area contributed by atoms with E-state index in [9.17, 15) is 9.90 Å². The van der Waals surface area contributed by atoms with Crippen molar-refractivity contribution in [3.63, 3.8) is 0 Å². The number of aliphatic hydroxyl groups is 1. The van der Waals surface area contributed by atoms with Crippen molar-refractivity contribution in [3.8, 4) is 0 Å². The summed E-state index contributed by atoms with van der Waals surface area (Å²) in [6, 6.07) is 3.70. The van der Waals surface area contributed by atoms with Crippen LogP contribution >= 0.6 is 11.3 Å². The summed E-state index contributed by atoms with van der Waals surface area (Å²) >= 11 is 1.52. The lowest BCUT2D eigenvalue weighted by atomic mass is 10.2. The molecule has 6 nitrogen and oxygen atoms in total. The predicted octanol–water partition coefficient (Wildman–Crippen LogP) is 2.06. The number of thiophene rings is 1. The van der Waals surface area contributed by atoms with Crippen molar-refractivity contribution in [1.82, 2.24) is 20.4 Å². The van der Waals surface area contributed by atoms with E-state index < -0.39 is 6.10 Å². The van der Waals surface area contributed by atoms with Crippen LogP contribution in [0.15, 0.2) is 29.1 Å². The molecule has 2 amide bonds. The molecule has 0 saturated carbocycles. The van der Waals surface area contributed by atoms with E-state index in [1.165, 1.54) is 11.3 Å². The van der Waals surface area contributed by atoms with Crippen LogP contribution in [0.5, 0.6) is 0 Å². The minimum Gasteiger partial charge on any atom is -0.387 e. The van der Waals surface area contributed by atoms with Gasteiger partial charge in [0.05, 0.1) is 18.3 Å². The van der Waals surface area contributed by atoms with Crippen LogP contribution in [0.1, 0.15) is 37.3 Å². The second kappa shape index (κ2) is 7.24. The van der Waals surface area contributed by atoms with Crippen LogP contribution in [0.4, 0.5) is 4.79 Å². The molecule has 0 aliphatic heterocycles. The number of nitrogens with one attached hydrogen (secondary N) is 2. The second-order valence-electron chi connectivity index (χ2n) is 5.02. The fraction of sp³-hybridized carbons (Fsp3) is 0.429. The number of hydrogen-bond acceptors (Lipinski definition) is 4. The predicted molar refractivity (Wildman–Crippen MR) is 82.1 cm³/mol. The first kappa shape index (κ1) is 15.5. The second-order valence-corrected chi connectivity index (χ2v) is 5.80. The molecule has 0 saturated heterocycles. The highest BCUT2D eigenvalue weighted by Crippen LogP contribution is 2.14. The standard InChI is InChI=1S/C14H20N4O2S/c1-10(2)18-5-3-12(17-18)7-15-14(20)16-8-13(19)11-4-6-21-9-11/h3-6,9-10,13,19H,7-8H2,1-2H3,(H2,15,16,20)/t13-/m1/s1. The average Bonchev–Trinajstić information content (AvgIpc) is 3.13. The highest BCUT2D eigenvalue weighted by Gasteiger charge is 2.10. The number of aliphatic hydroxyl groups excluding tert-OH is 1. The summed E-state index contributed by atoms with van der Waals surface area (Å²) in [5, 5.41) is 23.3. The molecule has 2 heterocycles. The molecule has 0 aromatic carbocycles. The lowest BCUT2D eigenvalue weighted by Gasteiger charge is -2.11. The number of nitrogens with zero attached hydrogens (tertiary/aromatic N) is 2. The Morgan fingerprint density at radius 2 is 2.24 bits per heavy atom. The minimum atomic E-state index is -0.679. The van der Waals surface area contributed by atoms with Gasteiger partial charge < -0.3 is 15.7 Å². The molecule has 0 aliphatic carbocycles. The van der Waals surface area contributed by atoms with Gasteiger partial charge in [0.1, 0.15) is 0 Å². The van der Waals surface area contributed by atoms with Crippen LogP contribution in [0.2, 0.25) is 0 Å². The molecule has 0 fully saturated rings. The Labute approximate surface area is 127 Å². The summed E-state index contributed by atoms with van der Waals surface area (Å²) in [4.78, 5) is 11.7. The zero-order valence-corrected chi connectivity index (χ0v) is 12.9. The van der Waals surface area contributed by atoms with E-state index in [-0.39, 0.29) is 12.6 Å². The van der Waals surface area contributed by atoms with E-state index in [0.29, 0.717) is 12.6 Å². The van der Waals surface area contributed by atoms with Gasteiger partial charge in [-0.2, -0.15) is 16.4 Å². The van der Waals surface area contributed by atoms with Crippen molar-refractivity contribution in [3.05, 3.63) is 40.3 Å². The van der Waals surface area contributed by atoms with Crippen LogP contribution < -0.4 is 10.6 Å². The Hall–Kier alpha value is -1.86. The first-order valence-corrected chi connectivity index (χ1v) is 7.76.